The van der Waals surface area contributed by atoms with Gasteiger partial charge in [0, 0.05) is 25.0 Å². The fourth-order valence-corrected chi connectivity index (χ4v) is 1.49. The predicted octanol–water partition coefficient (Wildman–Crippen LogP) is 2.50. The van der Waals surface area contributed by atoms with Crippen LogP contribution < -0.4 is 0 Å². The first-order chi connectivity index (χ1) is 7.50. The number of pyridine rings is 1. The molecule has 16 heavy (non-hydrogen) atoms. The molecule has 2 aromatic rings. The van der Waals surface area contributed by atoms with E-state index < -0.39 is 11.7 Å². The molecule has 2 heterocycles. The first-order valence-electron chi connectivity index (χ1n) is 4.50. The van der Waals surface area contributed by atoms with Gasteiger partial charge in [0.05, 0.1) is 11.9 Å². The second kappa shape index (κ2) is 3.62. The molecular formula is C10H8F3N3. The minimum atomic E-state index is -4.40. The van der Waals surface area contributed by atoms with E-state index in [4.69, 9.17) is 0 Å². The summed E-state index contributed by atoms with van der Waals surface area (Å²) in [5.74, 6) is 0. The highest BCUT2D eigenvalue weighted by Crippen LogP contribution is 2.36. The van der Waals surface area contributed by atoms with Gasteiger partial charge in [-0.25, -0.2) is 0 Å². The number of hydrogen-bond donors (Lipinski definition) is 0. The molecule has 2 aromatic heterocycles. The number of aromatic nitrogens is 3. The minimum Gasteiger partial charge on any atom is -0.267 e. The van der Waals surface area contributed by atoms with Crippen LogP contribution in [-0.4, -0.2) is 14.8 Å². The number of rotatable bonds is 1. The summed E-state index contributed by atoms with van der Waals surface area (Å²) in [5.41, 5.74) is -0.321. The van der Waals surface area contributed by atoms with Gasteiger partial charge in [0.15, 0.2) is 0 Å². The van der Waals surface area contributed by atoms with Crippen LogP contribution in [0.4, 0.5) is 13.2 Å². The van der Waals surface area contributed by atoms with E-state index in [9.17, 15) is 13.2 Å². The Morgan fingerprint density at radius 3 is 2.56 bits per heavy atom. The lowest BCUT2D eigenvalue weighted by Crippen LogP contribution is -2.06. The maximum absolute atomic E-state index is 12.7. The fraction of sp³-hybridized carbons (Fsp3) is 0.200. The molecule has 0 aliphatic carbocycles. The van der Waals surface area contributed by atoms with E-state index in [0.717, 1.165) is 6.20 Å². The Bertz CT molecular complexity index is 488. The Morgan fingerprint density at radius 1 is 1.25 bits per heavy atom. The maximum Gasteiger partial charge on any atom is 0.420 e. The Hall–Kier alpha value is -1.85. The Kier molecular flexibility index (Phi) is 2.41. The SMILES string of the molecule is Cn1ncc(C(F)(F)F)c1-c1cccnc1. The van der Waals surface area contributed by atoms with Crippen molar-refractivity contribution in [2.24, 2.45) is 7.05 Å². The second-order valence-corrected chi connectivity index (χ2v) is 3.27. The van der Waals surface area contributed by atoms with Crippen molar-refractivity contribution in [3.8, 4) is 11.3 Å². The van der Waals surface area contributed by atoms with E-state index in [2.05, 4.69) is 10.1 Å². The van der Waals surface area contributed by atoms with Crippen molar-refractivity contribution >= 4 is 0 Å². The Balaban J connectivity index is 2.61. The van der Waals surface area contributed by atoms with Gasteiger partial charge in [-0.2, -0.15) is 18.3 Å². The highest BCUT2D eigenvalue weighted by atomic mass is 19.4. The van der Waals surface area contributed by atoms with Gasteiger partial charge in [0.2, 0.25) is 0 Å². The number of halogens is 3. The monoisotopic (exact) mass is 227 g/mol. The zero-order valence-electron chi connectivity index (χ0n) is 8.36. The van der Waals surface area contributed by atoms with E-state index in [-0.39, 0.29) is 5.69 Å². The summed E-state index contributed by atoms with van der Waals surface area (Å²) in [6, 6.07) is 3.15. The number of nitrogens with zero attached hydrogens (tertiary/aromatic N) is 3. The summed E-state index contributed by atoms with van der Waals surface area (Å²) >= 11 is 0. The average molecular weight is 227 g/mol. The first-order valence-corrected chi connectivity index (χ1v) is 4.50. The average Bonchev–Trinajstić information content (AvgIpc) is 2.61. The lowest BCUT2D eigenvalue weighted by Gasteiger charge is -2.08. The van der Waals surface area contributed by atoms with Gasteiger partial charge in [0.1, 0.15) is 5.56 Å². The molecule has 0 fully saturated rings. The van der Waals surface area contributed by atoms with Gasteiger partial charge in [-0.3, -0.25) is 9.67 Å². The van der Waals surface area contributed by atoms with Crippen molar-refractivity contribution in [2.45, 2.75) is 6.18 Å². The van der Waals surface area contributed by atoms with Crippen molar-refractivity contribution < 1.29 is 13.2 Å². The highest BCUT2D eigenvalue weighted by molar-refractivity contribution is 5.62. The summed E-state index contributed by atoms with van der Waals surface area (Å²) in [4.78, 5) is 3.80. The van der Waals surface area contributed by atoms with Gasteiger partial charge in [-0.1, -0.05) is 0 Å². The lowest BCUT2D eigenvalue weighted by atomic mass is 10.1. The molecule has 2 rings (SSSR count). The molecule has 0 spiro atoms. The van der Waals surface area contributed by atoms with Gasteiger partial charge in [0.25, 0.3) is 0 Å². The van der Waals surface area contributed by atoms with Crippen LogP contribution in [0.2, 0.25) is 0 Å². The normalized spacial score (nSPS) is 11.8. The molecule has 0 aliphatic rings. The van der Waals surface area contributed by atoms with Gasteiger partial charge in [-0.05, 0) is 12.1 Å². The third-order valence-corrected chi connectivity index (χ3v) is 2.18. The molecule has 0 aliphatic heterocycles. The third kappa shape index (κ3) is 1.78. The first kappa shape index (κ1) is 10.7. The van der Waals surface area contributed by atoms with Crippen LogP contribution in [0.25, 0.3) is 11.3 Å². The van der Waals surface area contributed by atoms with Crippen LogP contribution in [-0.2, 0) is 13.2 Å². The summed E-state index contributed by atoms with van der Waals surface area (Å²) in [5, 5.41) is 3.63. The molecule has 0 unspecified atom stereocenters. The summed E-state index contributed by atoms with van der Waals surface area (Å²) in [7, 11) is 1.47. The highest BCUT2D eigenvalue weighted by Gasteiger charge is 2.36. The van der Waals surface area contributed by atoms with Crippen molar-refractivity contribution in [3.05, 3.63) is 36.3 Å². The molecule has 84 valence electrons. The molecule has 6 heteroatoms. The van der Waals surface area contributed by atoms with Crippen LogP contribution in [0.5, 0.6) is 0 Å². The molecule has 0 bridgehead atoms. The van der Waals surface area contributed by atoms with E-state index >= 15 is 0 Å². The fourth-order valence-electron chi connectivity index (χ4n) is 1.49. The Morgan fingerprint density at radius 2 is 2.00 bits per heavy atom. The lowest BCUT2D eigenvalue weighted by molar-refractivity contribution is -0.137. The van der Waals surface area contributed by atoms with E-state index in [1.54, 1.807) is 12.1 Å². The summed E-state index contributed by atoms with van der Waals surface area (Å²) < 4.78 is 39.2. The van der Waals surface area contributed by atoms with Crippen LogP contribution in [0.3, 0.4) is 0 Å². The van der Waals surface area contributed by atoms with Crippen LogP contribution in [0.15, 0.2) is 30.7 Å². The van der Waals surface area contributed by atoms with Crippen LogP contribution >= 0.6 is 0 Å². The molecule has 0 aromatic carbocycles. The van der Waals surface area contributed by atoms with Crippen molar-refractivity contribution in [3.63, 3.8) is 0 Å². The number of aryl methyl sites for hydroxylation is 1. The quantitative estimate of drug-likeness (QED) is 0.749. The third-order valence-electron chi connectivity index (χ3n) is 2.18. The molecule has 0 amide bonds. The number of hydrogen-bond acceptors (Lipinski definition) is 2. The van der Waals surface area contributed by atoms with Gasteiger partial charge in [-0.15, -0.1) is 0 Å². The summed E-state index contributed by atoms with van der Waals surface area (Å²) in [6.07, 6.45) is -0.693. The standard InChI is InChI=1S/C10H8F3N3/c1-16-9(7-3-2-4-14-5-7)8(6-15-16)10(11,12)13/h2-6H,1H3. The molecule has 0 N–H and O–H groups in total. The zero-order chi connectivity index (χ0) is 11.8. The second-order valence-electron chi connectivity index (χ2n) is 3.27. The predicted molar refractivity (Wildman–Crippen MR) is 51.4 cm³/mol. The van der Waals surface area contributed by atoms with E-state index in [1.807, 2.05) is 0 Å². The molecule has 3 nitrogen and oxygen atoms in total. The smallest absolute Gasteiger partial charge is 0.267 e. The van der Waals surface area contributed by atoms with Crippen molar-refractivity contribution in [1.82, 2.24) is 14.8 Å². The molecule has 0 saturated heterocycles. The van der Waals surface area contributed by atoms with Crippen LogP contribution in [0.1, 0.15) is 5.56 Å². The van der Waals surface area contributed by atoms with Gasteiger partial charge < -0.3 is 0 Å². The maximum atomic E-state index is 12.7. The topological polar surface area (TPSA) is 30.7 Å². The number of alkyl halides is 3. The van der Waals surface area contributed by atoms with Crippen LogP contribution in [0, 0.1) is 0 Å². The molecule has 0 radical (unpaired) electrons. The van der Waals surface area contributed by atoms with E-state index in [1.165, 1.54) is 24.1 Å². The van der Waals surface area contributed by atoms with E-state index in [0.29, 0.717) is 5.56 Å². The zero-order valence-corrected chi connectivity index (χ0v) is 8.36. The van der Waals surface area contributed by atoms with Crippen molar-refractivity contribution in [2.75, 3.05) is 0 Å². The summed E-state index contributed by atoms with van der Waals surface area (Å²) in [6.45, 7) is 0. The minimum absolute atomic E-state index is 0.0283. The Labute approximate surface area is 89.5 Å². The van der Waals surface area contributed by atoms with Crippen molar-refractivity contribution in [1.29, 1.82) is 0 Å². The largest absolute Gasteiger partial charge is 0.420 e. The molecule has 0 saturated carbocycles. The van der Waals surface area contributed by atoms with Gasteiger partial charge >= 0.3 is 6.18 Å². The molecular weight excluding hydrogens is 219 g/mol. The molecule has 0 atom stereocenters.